The van der Waals surface area contributed by atoms with E-state index in [1.807, 2.05) is 6.92 Å². The second-order valence-corrected chi connectivity index (χ2v) is 2.43. The Bertz CT molecular complexity index is 284. The van der Waals surface area contributed by atoms with Crippen LogP contribution in [-0.4, -0.2) is 27.9 Å². The molecule has 0 aliphatic rings. The normalized spacial score (nSPS) is 9.92. The fourth-order valence-electron chi connectivity index (χ4n) is 0.809. The van der Waals surface area contributed by atoms with Gasteiger partial charge >= 0.3 is 6.09 Å². The lowest BCUT2D eigenvalue weighted by Gasteiger charge is -1.95. The Morgan fingerprint density at radius 2 is 2.23 bits per heavy atom. The molecule has 1 aromatic heterocycles. The first-order valence-electron chi connectivity index (χ1n) is 4.00. The summed E-state index contributed by atoms with van der Waals surface area (Å²) in [6.07, 6.45) is 0.0776. The molecule has 0 saturated heterocycles. The highest BCUT2D eigenvalue weighted by molar-refractivity contribution is 5.64. The zero-order valence-electron chi connectivity index (χ0n) is 7.28. The van der Waals surface area contributed by atoms with Gasteiger partial charge in [-0.3, -0.25) is 0 Å². The molecule has 6 nitrogen and oxygen atoms in total. The van der Waals surface area contributed by atoms with Gasteiger partial charge < -0.3 is 14.8 Å². The molecule has 0 saturated carbocycles. The Labute approximate surface area is 75.0 Å². The third-order valence-corrected chi connectivity index (χ3v) is 1.43. The molecule has 0 atom stereocenters. The summed E-state index contributed by atoms with van der Waals surface area (Å²) in [5.41, 5.74) is 0. The summed E-state index contributed by atoms with van der Waals surface area (Å²) < 4.78 is 5.16. The summed E-state index contributed by atoms with van der Waals surface area (Å²) in [5, 5.41) is 18.0. The van der Waals surface area contributed by atoms with Crippen molar-refractivity contribution in [3.63, 3.8) is 0 Å². The summed E-state index contributed by atoms with van der Waals surface area (Å²) in [5.74, 6) is 1.04. The molecule has 6 heteroatoms. The average Bonchev–Trinajstić information content (AvgIpc) is 2.52. The van der Waals surface area contributed by atoms with Gasteiger partial charge in [0.1, 0.15) is 0 Å². The highest BCUT2D eigenvalue weighted by Crippen LogP contribution is 1.99. The Hall–Kier alpha value is -1.59. The zero-order valence-corrected chi connectivity index (χ0v) is 7.28. The minimum atomic E-state index is -1.05. The number of hydrogen-bond acceptors (Lipinski definition) is 4. The lowest BCUT2D eigenvalue weighted by atomic mass is 10.4. The Balaban J connectivity index is 2.32. The number of nitrogens with zero attached hydrogens (tertiary/aromatic N) is 2. The van der Waals surface area contributed by atoms with E-state index in [-0.39, 0.29) is 0 Å². The zero-order chi connectivity index (χ0) is 9.68. The molecule has 0 radical (unpaired) electrons. The van der Waals surface area contributed by atoms with Gasteiger partial charge in [-0.2, -0.15) is 0 Å². The van der Waals surface area contributed by atoms with Gasteiger partial charge in [-0.25, -0.2) is 4.79 Å². The highest BCUT2D eigenvalue weighted by atomic mass is 16.4. The molecule has 1 rings (SSSR count). The van der Waals surface area contributed by atoms with E-state index in [1.165, 1.54) is 0 Å². The number of carboxylic acid groups (broad SMARTS) is 1. The van der Waals surface area contributed by atoms with Crippen LogP contribution < -0.4 is 5.32 Å². The monoisotopic (exact) mass is 185 g/mol. The Morgan fingerprint density at radius 3 is 2.77 bits per heavy atom. The third-order valence-electron chi connectivity index (χ3n) is 1.43. The van der Waals surface area contributed by atoms with Crippen LogP contribution in [0.15, 0.2) is 4.42 Å². The van der Waals surface area contributed by atoms with Crippen molar-refractivity contribution < 1.29 is 14.3 Å². The van der Waals surface area contributed by atoms with Gasteiger partial charge in [0.25, 0.3) is 0 Å². The molecular formula is C7H11N3O3. The standard InChI is InChI=1S/C7H11N3O3/c1-2-5-9-10-6(13-5)3-4-8-7(11)12/h8H,2-4H2,1H3,(H,11,12). The molecule has 0 aliphatic carbocycles. The summed E-state index contributed by atoms with van der Waals surface area (Å²) >= 11 is 0. The number of hydrogen-bond donors (Lipinski definition) is 2. The first kappa shape index (κ1) is 9.50. The van der Waals surface area contributed by atoms with Crippen molar-refractivity contribution in [1.29, 1.82) is 0 Å². The number of carbonyl (C=O) groups is 1. The van der Waals surface area contributed by atoms with Crippen molar-refractivity contribution in [1.82, 2.24) is 15.5 Å². The number of aryl methyl sites for hydroxylation is 1. The van der Waals surface area contributed by atoms with Crippen LogP contribution in [-0.2, 0) is 12.8 Å². The maximum absolute atomic E-state index is 10.1. The quantitative estimate of drug-likeness (QED) is 0.710. The van der Waals surface area contributed by atoms with Crippen molar-refractivity contribution >= 4 is 6.09 Å². The van der Waals surface area contributed by atoms with E-state index >= 15 is 0 Å². The summed E-state index contributed by atoms with van der Waals surface area (Å²) in [7, 11) is 0. The predicted molar refractivity (Wildman–Crippen MR) is 43.4 cm³/mol. The van der Waals surface area contributed by atoms with Crippen molar-refractivity contribution in [3.8, 4) is 0 Å². The molecule has 2 N–H and O–H groups in total. The van der Waals surface area contributed by atoms with Crippen LogP contribution in [0.25, 0.3) is 0 Å². The van der Waals surface area contributed by atoms with Crippen molar-refractivity contribution in [3.05, 3.63) is 11.8 Å². The molecular weight excluding hydrogens is 174 g/mol. The van der Waals surface area contributed by atoms with Crippen molar-refractivity contribution in [2.24, 2.45) is 0 Å². The molecule has 0 bridgehead atoms. The first-order valence-corrected chi connectivity index (χ1v) is 4.00. The topological polar surface area (TPSA) is 88.2 Å². The molecule has 0 unspecified atom stereocenters. The minimum absolute atomic E-state index is 0.292. The SMILES string of the molecule is CCc1nnc(CCNC(=O)O)o1. The van der Waals surface area contributed by atoms with Gasteiger partial charge in [-0.1, -0.05) is 6.92 Å². The molecule has 13 heavy (non-hydrogen) atoms. The third kappa shape index (κ3) is 3.10. The molecule has 1 amide bonds. The predicted octanol–water partition coefficient (Wildman–Crippen LogP) is 0.442. The van der Waals surface area contributed by atoms with E-state index in [0.29, 0.717) is 31.2 Å². The van der Waals surface area contributed by atoms with Crippen molar-refractivity contribution in [2.75, 3.05) is 6.54 Å². The van der Waals surface area contributed by atoms with Gasteiger partial charge in [-0.05, 0) is 0 Å². The van der Waals surface area contributed by atoms with Gasteiger partial charge in [0, 0.05) is 19.4 Å². The fraction of sp³-hybridized carbons (Fsp3) is 0.571. The van der Waals surface area contributed by atoms with E-state index in [4.69, 9.17) is 9.52 Å². The molecule has 0 aliphatic heterocycles. The number of nitrogens with one attached hydrogen (secondary N) is 1. The van der Waals surface area contributed by atoms with Crippen LogP contribution in [0.5, 0.6) is 0 Å². The van der Waals surface area contributed by atoms with Crippen LogP contribution in [0.1, 0.15) is 18.7 Å². The lowest BCUT2D eigenvalue weighted by molar-refractivity contribution is 0.194. The minimum Gasteiger partial charge on any atom is -0.465 e. The van der Waals surface area contributed by atoms with E-state index in [9.17, 15) is 4.79 Å². The highest BCUT2D eigenvalue weighted by Gasteiger charge is 2.03. The van der Waals surface area contributed by atoms with E-state index < -0.39 is 6.09 Å². The summed E-state index contributed by atoms with van der Waals surface area (Å²) in [6, 6.07) is 0. The summed E-state index contributed by atoms with van der Waals surface area (Å²) in [6.45, 7) is 2.20. The van der Waals surface area contributed by atoms with Gasteiger partial charge in [0.2, 0.25) is 11.8 Å². The maximum atomic E-state index is 10.1. The van der Waals surface area contributed by atoms with Crippen LogP contribution in [0.3, 0.4) is 0 Å². The molecule has 0 fully saturated rings. The van der Waals surface area contributed by atoms with Gasteiger partial charge in [0.05, 0.1) is 0 Å². The van der Waals surface area contributed by atoms with E-state index in [2.05, 4.69) is 15.5 Å². The number of rotatable bonds is 4. The van der Waals surface area contributed by atoms with Gasteiger partial charge in [0.15, 0.2) is 0 Å². The van der Waals surface area contributed by atoms with E-state index in [0.717, 1.165) is 0 Å². The van der Waals surface area contributed by atoms with Crippen molar-refractivity contribution in [2.45, 2.75) is 19.8 Å². The first-order chi connectivity index (χ1) is 6.22. The van der Waals surface area contributed by atoms with Crippen LogP contribution in [0.4, 0.5) is 4.79 Å². The lowest BCUT2D eigenvalue weighted by Crippen LogP contribution is -2.23. The van der Waals surface area contributed by atoms with Gasteiger partial charge in [-0.15, -0.1) is 10.2 Å². The molecule has 1 aromatic rings. The Morgan fingerprint density at radius 1 is 1.54 bits per heavy atom. The smallest absolute Gasteiger partial charge is 0.404 e. The maximum Gasteiger partial charge on any atom is 0.404 e. The van der Waals surface area contributed by atoms with Crippen LogP contribution >= 0.6 is 0 Å². The fourth-order valence-corrected chi connectivity index (χ4v) is 0.809. The molecule has 1 heterocycles. The second-order valence-electron chi connectivity index (χ2n) is 2.43. The van der Waals surface area contributed by atoms with Crippen LogP contribution in [0.2, 0.25) is 0 Å². The largest absolute Gasteiger partial charge is 0.465 e. The Kier molecular flexibility index (Phi) is 3.24. The number of aromatic nitrogens is 2. The van der Waals surface area contributed by atoms with Crippen LogP contribution in [0, 0.1) is 0 Å². The average molecular weight is 185 g/mol. The van der Waals surface area contributed by atoms with E-state index in [1.54, 1.807) is 0 Å². The number of amides is 1. The summed E-state index contributed by atoms with van der Waals surface area (Å²) in [4.78, 5) is 10.1. The molecule has 0 spiro atoms. The second kappa shape index (κ2) is 4.44. The molecule has 0 aromatic carbocycles. The molecule has 72 valence electrons.